The molecule has 1 fully saturated rings. The van der Waals surface area contributed by atoms with Gasteiger partial charge in [0.15, 0.2) is 5.78 Å². The highest BCUT2D eigenvalue weighted by atomic mass is 32.1. The van der Waals surface area contributed by atoms with Gasteiger partial charge in [-0.2, -0.15) is 0 Å². The van der Waals surface area contributed by atoms with Crippen LogP contribution in [0.2, 0.25) is 0 Å². The van der Waals surface area contributed by atoms with Crippen LogP contribution in [0.3, 0.4) is 0 Å². The number of carbonyl (C=O) groups is 1. The number of nitrogens with two attached hydrogens (primary N) is 1. The standard InChI is InChI=1S/C20H30N4O2S/c1-5-15(11-24-8-6-7-16(26)12-24)23(4)18-9-19(17(10-21)13(2)22)27-20(18)14(3)25/h5,9-10,16,21,26H,6-8,11-12,22H2,1-4H3/b15-5+,17-13+,21-10?. The van der Waals surface area contributed by atoms with Gasteiger partial charge in [-0.25, -0.2) is 0 Å². The molecule has 0 aromatic carbocycles. The van der Waals surface area contributed by atoms with E-state index in [0.29, 0.717) is 22.7 Å². The summed E-state index contributed by atoms with van der Waals surface area (Å²) in [6.07, 6.45) is 4.86. The molecule has 1 aliphatic rings. The van der Waals surface area contributed by atoms with E-state index in [9.17, 15) is 9.90 Å². The molecule has 4 N–H and O–H groups in total. The van der Waals surface area contributed by atoms with Crippen LogP contribution in [0.5, 0.6) is 0 Å². The average molecular weight is 391 g/mol. The largest absolute Gasteiger partial charge is 0.402 e. The summed E-state index contributed by atoms with van der Waals surface area (Å²) in [4.78, 5) is 18.0. The summed E-state index contributed by atoms with van der Waals surface area (Å²) in [5, 5.41) is 17.6. The van der Waals surface area contributed by atoms with Crippen molar-refractivity contribution in [2.45, 2.75) is 39.7 Å². The van der Waals surface area contributed by atoms with E-state index in [-0.39, 0.29) is 11.9 Å². The Morgan fingerprint density at radius 1 is 1.52 bits per heavy atom. The van der Waals surface area contributed by atoms with Crippen LogP contribution < -0.4 is 10.6 Å². The Bertz CT molecular complexity index is 762. The van der Waals surface area contributed by atoms with E-state index in [2.05, 4.69) is 4.90 Å². The van der Waals surface area contributed by atoms with Gasteiger partial charge >= 0.3 is 0 Å². The molecule has 1 aliphatic heterocycles. The first kappa shape index (κ1) is 21.3. The zero-order valence-corrected chi connectivity index (χ0v) is 17.4. The van der Waals surface area contributed by atoms with E-state index < -0.39 is 0 Å². The van der Waals surface area contributed by atoms with E-state index in [1.165, 1.54) is 17.6 Å². The number of piperidine rings is 1. The number of aliphatic hydroxyl groups is 1. The van der Waals surface area contributed by atoms with Gasteiger partial charge in [-0.1, -0.05) is 6.08 Å². The van der Waals surface area contributed by atoms with Crippen LogP contribution in [0, 0.1) is 5.41 Å². The van der Waals surface area contributed by atoms with Crippen LogP contribution in [0.4, 0.5) is 5.69 Å². The van der Waals surface area contributed by atoms with Gasteiger partial charge in [0.1, 0.15) is 0 Å². The molecule has 0 saturated carbocycles. The van der Waals surface area contributed by atoms with Crippen LogP contribution in [-0.2, 0) is 0 Å². The Hall–Kier alpha value is -1.96. The molecule has 1 atom stereocenters. The minimum absolute atomic E-state index is 0.00375. The maximum Gasteiger partial charge on any atom is 0.171 e. The van der Waals surface area contributed by atoms with E-state index >= 15 is 0 Å². The fraction of sp³-hybridized carbons (Fsp3) is 0.500. The van der Waals surface area contributed by atoms with E-state index in [4.69, 9.17) is 11.1 Å². The van der Waals surface area contributed by atoms with Crippen LogP contribution in [0.15, 0.2) is 23.5 Å². The molecule has 2 heterocycles. The summed E-state index contributed by atoms with van der Waals surface area (Å²) < 4.78 is 0. The lowest BCUT2D eigenvalue weighted by Gasteiger charge is -2.33. The molecule has 0 amide bonds. The molecule has 7 heteroatoms. The Kier molecular flexibility index (Phi) is 7.35. The highest BCUT2D eigenvalue weighted by Gasteiger charge is 2.23. The normalized spacial score (nSPS) is 19.6. The number of hydrogen-bond acceptors (Lipinski definition) is 7. The third kappa shape index (κ3) is 5.06. The number of β-amino-alcohol motifs (C(OH)–C–C–N with tert-alkyl or cyclic N) is 1. The first-order valence-electron chi connectivity index (χ1n) is 9.19. The number of aliphatic hydroxyl groups excluding tert-OH is 1. The Labute approximate surface area is 165 Å². The highest BCUT2D eigenvalue weighted by Crippen LogP contribution is 2.36. The van der Waals surface area contributed by atoms with Crippen molar-refractivity contribution in [1.29, 1.82) is 5.41 Å². The Morgan fingerprint density at radius 2 is 2.22 bits per heavy atom. The van der Waals surface area contributed by atoms with Gasteiger partial charge in [-0.05, 0) is 39.3 Å². The lowest BCUT2D eigenvalue weighted by Crippen LogP contribution is -2.41. The third-order valence-corrected chi connectivity index (χ3v) is 6.12. The fourth-order valence-electron chi connectivity index (χ4n) is 3.34. The van der Waals surface area contributed by atoms with Crippen LogP contribution in [-0.4, -0.2) is 54.8 Å². The number of allylic oxidation sites excluding steroid dienone is 3. The minimum atomic E-state index is -0.268. The second-order valence-corrected chi connectivity index (χ2v) is 8.04. The van der Waals surface area contributed by atoms with Gasteiger partial charge in [0.05, 0.1) is 16.7 Å². The average Bonchev–Trinajstić information content (AvgIpc) is 3.04. The molecule has 0 spiro atoms. The van der Waals surface area contributed by atoms with Crippen molar-refractivity contribution in [3.63, 3.8) is 0 Å². The van der Waals surface area contributed by atoms with Crippen molar-refractivity contribution in [3.05, 3.63) is 33.3 Å². The molecule has 0 radical (unpaired) electrons. The molecule has 1 saturated heterocycles. The minimum Gasteiger partial charge on any atom is -0.402 e. The van der Waals surface area contributed by atoms with Gasteiger partial charge in [-0.3, -0.25) is 9.69 Å². The summed E-state index contributed by atoms with van der Waals surface area (Å²) >= 11 is 1.37. The first-order chi connectivity index (χ1) is 12.8. The SMILES string of the molecule is C/C=C(\CN1CCCC(O)C1)N(C)c1cc(/C(C=N)=C(\C)N)sc1C(C)=O. The maximum absolute atomic E-state index is 12.2. The zero-order chi connectivity index (χ0) is 20.1. The van der Waals surface area contributed by atoms with E-state index in [1.807, 2.05) is 31.0 Å². The maximum atomic E-state index is 12.2. The fourth-order valence-corrected chi connectivity index (χ4v) is 4.51. The number of ketones is 1. The summed E-state index contributed by atoms with van der Waals surface area (Å²) in [6, 6.07) is 1.94. The molecule has 0 bridgehead atoms. The molecule has 2 rings (SSSR count). The number of Topliss-reactive ketones (excluding diaryl/α,β-unsaturated/α-hetero) is 1. The smallest absolute Gasteiger partial charge is 0.171 e. The number of likely N-dealkylation sites (N-methyl/N-ethyl adjacent to an activating group) is 1. The van der Waals surface area contributed by atoms with Crippen LogP contribution >= 0.6 is 11.3 Å². The number of anilines is 1. The quantitative estimate of drug-likeness (QED) is 0.491. The van der Waals surface area contributed by atoms with Gasteiger partial charge in [0.25, 0.3) is 0 Å². The number of carbonyl (C=O) groups excluding carboxylic acids is 1. The molecule has 0 aliphatic carbocycles. The lowest BCUT2D eigenvalue weighted by atomic mass is 10.1. The number of likely N-dealkylation sites (tertiary alicyclic amines) is 1. The van der Waals surface area contributed by atoms with Crippen molar-refractivity contribution in [2.75, 3.05) is 31.6 Å². The second kappa shape index (κ2) is 9.30. The summed E-state index contributed by atoms with van der Waals surface area (Å²) in [6.45, 7) is 7.66. The topological polar surface area (TPSA) is 93.7 Å². The van der Waals surface area contributed by atoms with Gasteiger partial charge in [-0.15, -0.1) is 11.3 Å². The molecular weight excluding hydrogens is 360 g/mol. The van der Waals surface area contributed by atoms with Crippen molar-refractivity contribution < 1.29 is 9.90 Å². The predicted octanol–water partition coefficient (Wildman–Crippen LogP) is 3.09. The highest BCUT2D eigenvalue weighted by molar-refractivity contribution is 7.16. The number of thiophene rings is 1. The van der Waals surface area contributed by atoms with Crippen molar-refractivity contribution in [3.8, 4) is 0 Å². The number of nitrogens with zero attached hydrogens (tertiary/aromatic N) is 2. The second-order valence-electron chi connectivity index (χ2n) is 6.99. The molecule has 27 heavy (non-hydrogen) atoms. The monoisotopic (exact) mass is 390 g/mol. The Morgan fingerprint density at radius 3 is 2.74 bits per heavy atom. The summed E-state index contributed by atoms with van der Waals surface area (Å²) in [5.74, 6) is -0.00375. The molecule has 1 aromatic rings. The predicted molar refractivity (Wildman–Crippen MR) is 114 cm³/mol. The van der Waals surface area contributed by atoms with Crippen molar-refractivity contribution in [2.24, 2.45) is 5.73 Å². The molecule has 1 aromatic heterocycles. The number of hydrogen-bond donors (Lipinski definition) is 3. The summed E-state index contributed by atoms with van der Waals surface area (Å²) in [7, 11) is 1.96. The lowest BCUT2D eigenvalue weighted by molar-refractivity contribution is 0.0755. The third-order valence-electron chi connectivity index (χ3n) is 4.86. The van der Waals surface area contributed by atoms with E-state index in [0.717, 1.165) is 42.2 Å². The van der Waals surface area contributed by atoms with E-state index in [1.54, 1.807) is 13.8 Å². The molecule has 1 unspecified atom stereocenters. The van der Waals surface area contributed by atoms with Crippen LogP contribution in [0.1, 0.15) is 48.2 Å². The molecular formula is C20H30N4O2S. The zero-order valence-electron chi connectivity index (χ0n) is 16.6. The van der Waals surface area contributed by atoms with Crippen molar-refractivity contribution in [1.82, 2.24) is 4.90 Å². The van der Waals surface area contributed by atoms with Gasteiger partial charge in [0.2, 0.25) is 0 Å². The van der Waals surface area contributed by atoms with Crippen molar-refractivity contribution >= 4 is 34.6 Å². The number of rotatable bonds is 7. The van der Waals surface area contributed by atoms with Gasteiger partial charge < -0.3 is 21.1 Å². The number of nitrogens with one attached hydrogen (secondary N) is 1. The molecule has 6 nitrogen and oxygen atoms in total. The summed E-state index contributed by atoms with van der Waals surface area (Å²) in [5.41, 5.74) is 9.01. The van der Waals surface area contributed by atoms with Gasteiger partial charge in [0, 0.05) is 55.1 Å². The molecule has 148 valence electrons. The first-order valence-corrected chi connectivity index (χ1v) is 10.0. The Balaban J connectivity index is 2.34. The van der Waals surface area contributed by atoms with Crippen LogP contribution in [0.25, 0.3) is 5.57 Å².